The highest BCUT2D eigenvalue weighted by Gasteiger charge is 2.35. The van der Waals surface area contributed by atoms with Gasteiger partial charge in [0.1, 0.15) is 5.02 Å². The topological polar surface area (TPSA) is 104 Å². The van der Waals surface area contributed by atoms with Gasteiger partial charge in [0.2, 0.25) is 12.2 Å². The van der Waals surface area contributed by atoms with Crippen LogP contribution in [-0.4, -0.2) is 52.1 Å². The Morgan fingerprint density at radius 1 is 1.32 bits per heavy atom. The predicted molar refractivity (Wildman–Crippen MR) is 125 cm³/mol. The van der Waals surface area contributed by atoms with E-state index in [1.807, 2.05) is 0 Å². The smallest absolute Gasteiger partial charge is 0.416 e. The molecule has 0 bridgehead atoms. The van der Waals surface area contributed by atoms with E-state index in [9.17, 15) is 22.8 Å². The van der Waals surface area contributed by atoms with Crippen molar-refractivity contribution >= 4 is 23.3 Å². The lowest BCUT2D eigenvalue weighted by Gasteiger charge is -2.29. The van der Waals surface area contributed by atoms with E-state index < -0.39 is 29.6 Å². The number of benzene rings is 1. The molecule has 37 heavy (non-hydrogen) atoms. The van der Waals surface area contributed by atoms with E-state index >= 15 is 0 Å². The van der Waals surface area contributed by atoms with Crippen molar-refractivity contribution in [3.63, 3.8) is 0 Å². The van der Waals surface area contributed by atoms with Crippen LogP contribution in [0, 0.1) is 0 Å². The monoisotopic (exact) mass is 538 g/mol. The van der Waals surface area contributed by atoms with Gasteiger partial charge in [-0.1, -0.05) is 29.8 Å². The van der Waals surface area contributed by atoms with Gasteiger partial charge < -0.3 is 18.9 Å². The fraction of sp³-hybridized carbons (Fsp3) is 0.391. The van der Waals surface area contributed by atoms with E-state index in [1.165, 1.54) is 36.1 Å². The fourth-order valence-corrected chi connectivity index (χ4v) is 4.82. The number of rotatable bonds is 5. The maximum atomic E-state index is 13.6. The third-order valence-electron chi connectivity index (χ3n) is 6.32. The second-order valence-corrected chi connectivity index (χ2v) is 8.88. The SMILES string of the molecule is COC(=O)c1nc2c(n1Cc1ccccc1C(F)(F)F)CCN(c1cnn(C3NCCO3)c(=O)c1Cl)C2. The van der Waals surface area contributed by atoms with Gasteiger partial charge in [-0.05, 0) is 11.6 Å². The van der Waals surface area contributed by atoms with Crippen LogP contribution in [0.25, 0.3) is 0 Å². The Morgan fingerprint density at radius 3 is 2.81 bits per heavy atom. The van der Waals surface area contributed by atoms with E-state index in [-0.39, 0.29) is 29.5 Å². The van der Waals surface area contributed by atoms with Crippen LogP contribution in [0.4, 0.5) is 18.9 Å². The van der Waals surface area contributed by atoms with Gasteiger partial charge in [0.05, 0.1) is 49.9 Å². The minimum atomic E-state index is -4.55. The molecule has 2 aromatic heterocycles. The number of carbonyl (C=O) groups is 1. The van der Waals surface area contributed by atoms with Crippen LogP contribution in [0.1, 0.15) is 39.5 Å². The summed E-state index contributed by atoms with van der Waals surface area (Å²) in [6.07, 6.45) is -3.47. The molecule has 1 unspecified atom stereocenters. The number of halogens is 4. The Bertz CT molecular complexity index is 1400. The maximum Gasteiger partial charge on any atom is 0.416 e. The first kappa shape index (κ1) is 25.2. The van der Waals surface area contributed by atoms with Crippen LogP contribution < -0.4 is 15.8 Å². The van der Waals surface area contributed by atoms with Crippen LogP contribution in [0.2, 0.25) is 5.02 Å². The number of hydrogen-bond acceptors (Lipinski definition) is 8. The molecule has 0 spiro atoms. The zero-order chi connectivity index (χ0) is 26.3. The molecule has 4 heterocycles. The lowest BCUT2D eigenvalue weighted by atomic mass is 10.1. The number of nitrogens with one attached hydrogen (secondary N) is 1. The standard InChI is InChI=1S/C23H22ClF3N6O4/c1-36-21(35)19-30-15-12-31(17-10-29-33(20(34)18(17)24)22-28-7-9-37-22)8-6-16(15)32(19)11-13-4-2-3-5-14(13)23(25,26)27/h2-5,10,22,28H,6-9,11-12H2,1H3. The van der Waals surface area contributed by atoms with E-state index in [0.717, 1.165) is 10.7 Å². The van der Waals surface area contributed by atoms with Crippen molar-refractivity contribution in [1.29, 1.82) is 0 Å². The van der Waals surface area contributed by atoms with Gasteiger partial charge in [0.15, 0.2) is 0 Å². The summed E-state index contributed by atoms with van der Waals surface area (Å²) in [5.74, 6) is -0.868. The van der Waals surface area contributed by atoms with Crippen LogP contribution >= 0.6 is 11.6 Å². The summed E-state index contributed by atoms with van der Waals surface area (Å²) < 4.78 is 53.6. The van der Waals surface area contributed by atoms with Crippen LogP contribution in [-0.2, 0) is 35.2 Å². The third-order valence-corrected chi connectivity index (χ3v) is 6.67. The number of methoxy groups -OCH3 is 1. The number of ether oxygens (including phenoxy) is 2. The average molecular weight is 539 g/mol. The second-order valence-electron chi connectivity index (χ2n) is 8.50. The van der Waals surface area contributed by atoms with Gasteiger partial charge in [-0.3, -0.25) is 10.1 Å². The molecule has 14 heteroatoms. The number of hydrogen-bond donors (Lipinski definition) is 1. The molecular formula is C23H22ClF3N6O4. The van der Waals surface area contributed by atoms with E-state index in [4.69, 9.17) is 21.1 Å². The highest BCUT2D eigenvalue weighted by molar-refractivity contribution is 6.33. The van der Waals surface area contributed by atoms with Crippen molar-refractivity contribution in [3.05, 3.63) is 74.2 Å². The van der Waals surface area contributed by atoms with E-state index in [2.05, 4.69) is 15.4 Å². The number of nitrogens with zero attached hydrogens (tertiary/aromatic N) is 5. The molecule has 2 aliphatic heterocycles. The van der Waals surface area contributed by atoms with Crippen molar-refractivity contribution in [2.45, 2.75) is 32.0 Å². The average Bonchev–Trinajstić information content (AvgIpc) is 3.53. The highest BCUT2D eigenvalue weighted by Crippen LogP contribution is 2.34. The number of imidazole rings is 1. The number of anilines is 1. The van der Waals surface area contributed by atoms with Gasteiger partial charge in [-0.15, -0.1) is 0 Å². The molecule has 3 aromatic rings. The van der Waals surface area contributed by atoms with Gasteiger partial charge in [0.25, 0.3) is 5.56 Å². The predicted octanol–water partition coefficient (Wildman–Crippen LogP) is 2.59. The Kier molecular flexibility index (Phi) is 6.68. The molecule has 10 nitrogen and oxygen atoms in total. The lowest BCUT2D eigenvalue weighted by molar-refractivity contribution is -0.138. The second kappa shape index (κ2) is 9.80. The number of esters is 1. The summed E-state index contributed by atoms with van der Waals surface area (Å²) in [6.45, 7) is 1.33. The number of alkyl halides is 3. The normalized spacial score (nSPS) is 17.6. The summed E-state index contributed by atoms with van der Waals surface area (Å²) in [6, 6.07) is 5.20. The molecule has 1 atom stereocenters. The van der Waals surface area contributed by atoms with Crippen LogP contribution in [0.3, 0.4) is 0 Å². The van der Waals surface area contributed by atoms with Crippen molar-refractivity contribution in [1.82, 2.24) is 24.6 Å². The van der Waals surface area contributed by atoms with Gasteiger partial charge in [-0.25, -0.2) is 9.78 Å². The molecule has 0 amide bonds. The Morgan fingerprint density at radius 2 is 2.11 bits per heavy atom. The molecule has 2 aliphatic rings. The Balaban J connectivity index is 1.48. The molecule has 0 aliphatic carbocycles. The highest BCUT2D eigenvalue weighted by atomic mass is 35.5. The van der Waals surface area contributed by atoms with Crippen molar-refractivity contribution in [3.8, 4) is 0 Å². The zero-order valence-electron chi connectivity index (χ0n) is 19.6. The first-order valence-electron chi connectivity index (χ1n) is 11.4. The summed E-state index contributed by atoms with van der Waals surface area (Å²) >= 11 is 6.41. The number of fused-ring (bicyclic) bond motifs is 1. The summed E-state index contributed by atoms with van der Waals surface area (Å²) in [7, 11) is 1.18. The molecule has 0 radical (unpaired) electrons. The van der Waals surface area contributed by atoms with Crippen molar-refractivity contribution in [2.24, 2.45) is 0 Å². The lowest BCUT2D eigenvalue weighted by Crippen LogP contribution is -2.37. The summed E-state index contributed by atoms with van der Waals surface area (Å²) in [5.41, 5.74) is 0.134. The van der Waals surface area contributed by atoms with Crippen molar-refractivity contribution in [2.75, 3.05) is 31.7 Å². The van der Waals surface area contributed by atoms with Crippen LogP contribution in [0.5, 0.6) is 0 Å². The van der Waals surface area contributed by atoms with Crippen molar-refractivity contribution < 1.29 is 27.4 Å². The molecule has 196 valence electrons. The summed E-state index contributed by atoms with van der Waals surface area (Å²) in [4.78, 5) is 31.5. The van der Waals surface area contributed by atoms with E-state index in [0.29, 0.717) is 43.2 Å². The van der Waals surface area contributed by atoms with Gasteiger partial charge >= 0.3 is 12.1 Å². The van der Waals surface area contributed by atoms with Gasteiger partial charge in [0, 0.05) is 25.2 Å². The molecule has 1 N–H and O–H groups in total. The molecular weight excluding hydrogens is 517 g/mol. The van der Waals surface area contributed by atoms with Gasteiger partial charge in [-0.2, -0.15) is 23.0 Å². The molecule has 5 rings (SSSR count). The summed E-state index contributed by atoms with van der Waals surface area (Å²) in [5, 5.41) is 7.13. The van der Waals surface area contributed by atoms with E-state index in [1.54, 1.807) is 4.90 Å². The number of carbonyl (C=O) groups excluding carboxylic acids is 1. The molecule has 1 aromatic carbocycles. The largest absolute Gasteiger partial charge is 0.463 e. The minimum absolute atomic E-state index is 0.00128. The minimum Gasteiger partial charge on any atom is -0.463 e. The first-order chi connectivity index (χ1) is 17.7. The Hall–Kier alpha value is -3.42. The Labute approximate surface area is 213 Å². The van der Waals surface area contributed by atoms with Crippen LogP contribution in [0.15, 0.2) is 35.3 Å². The molecule has 0 saturated carbocycles. The molecule has 1 saturated heterocycles. The number of aromatic nitrogens is 4. The quantitative estimate of drug-likeness (QED) is 0.495. The molecule has 1 fully saturated rings. The third kappa shape index (κ3) is 4.69. The first-order valence-corrected chi connectivity index (χ1v) is 11.8. The zero-order valence-corrected chi connectivity index (χ0v) is 20.3. The fourth-order valence-electron chi connectivity index (χ4n) is 4.56. The maximum absolute atomic E-state index is 13.6.